The van der Waals surface area contributed by atoms with Crippen LogP contribution in [-0.2, 0) is 9.53 Å². The van der Waals surface area contributed by atoms with Crippen LogP contribution in [-0.4, -0.2) is 17.6 Å². The largest absolute Gasteiger partial charge is 0.459 e. The molecule has 1 rings (SSSR count). The van der Waals surface area contributed by atoms with Gasteiger partial charge < -0.3 is 10.5 Å². The summed E-state index contributed by atoms with van der Waals surface area (Å²) in [6.45, 7) is 5.44. The van der Waals surface area contributed by atoms with Crippen molar-refractivity contribution in [3.63, 3.8) is 0 Å². The van der Waals surface area contributed by atoms with Crippen molar-refractivity contribution in [3.8, 4) is 11.8 Å². The number of benzene rings is 1. The minimum absolute atomic E-state index is 0.295. The number of hydrogen-bond donors (Lipinski definition) is 1. The van der Waals surface area contributed by atoms with E-state index in [1.165, 1.54) is 0 Å². The molecule has 0 spiro atoms. The molecule has 0 radical (unpaired) electrons. The third-order valence-electron chi connectivity index (χ3n) is 2.04. The fourth-order valence-corrected chi connectivity index (χ4v) is 1.25. The highest BCUT2D eigenvalue weighted by molar-refractivity contribution is 5.76. The molecule has 0 heterocycles. The van der Waals surface area contributed by atoms with E-state index < -0.39 is 17.6 Å². The van der Waals surface area contributed by atoms with E-state index in [-0.39, 0.29) is 0 Å². The van der Waals surface area contributed by atoms with Gasteiger partial charge in [0.1, 0.15) is 11.6 Å². The molecule has 0 saturated carbocycles. The van der Waals surface area contributed by atoms with Crippen LogP contribution in [0.25, 0.3) is 0 Å². The molecule has 0 fully saturated rings. The highest BCUT2D eigenvalue weighted by atomic mass is 16.6. The van der Waals surface area contributed by atoms with Crippen LogP contribution in [0.4, 0.5) is 0 Å². The Balaban J connectivity index is 2.49. The third-order valence-corrected chi connectivity index (χ3v) is 2.04. The first-order chi connectivity index (χ1) is 8.38. The molecule has 0 aliphatic carbocycles. The van der Waals surface area contributed by atoms with Gasteiger partial charge in [-0.1, -0.05) is 30.0 Å². The molecule has 0 amide bonds. The Morgan fingerprint density at radius 3 is 2.50 bits per heavy atom. The van der Waals surface area contributed by atoms with Crippen molar-refractivity contribution in [2.24, 2.45) is 5.73 Å². The lowest BCUT2D eigenvalue weighted by Gasteiger charge is -2.21. The smallest absolute Gasteiger partial charge is 0.324 e. The van der Waals surface area contributed by atoms with Gasteiger partial charge in [0.05, 0.1) is 0 Å². The van der Waals surface area contributed by atoms with Gasteiger partial charge in [-0.15, -0.1) is 0 Å². The molecule has 0 bridgehead atoms. The third kappa shape index (κ3) is 5.51. The first-order valence-corrected chi connectivity index (χ1v) is 5.91. The van der Waals surface area contributed by atoms with Crippen molar-refractivity contribution in [2.45, 2.75) is 38.8 Å². The molecule has 18 heavy (non-hydrogen) atoms. The van der Waals surface area contributed by atoms with Crippen LogP contribution in [0.5, 0.6) is 0 Å². The second-order valence-electron chi connectivity index (χ2n) is 5.01. The number of rotatable bonds is 2. The number of nitrogens with two attached hydrogens (primary N) is 1. The molecule has 0 aromatic heterocycles. The summed E-state index contributed by atoms with van der Waals surface area (Å²) in [5.41, 5.74) is 6.11. The van der Waals surface area contributed by atoms with E-state index in [0.29, 0.717) is 6.42 Å². The van der Waals surface area contributed by atoms with Crippen molar-refractivity contribution in [1.29, 1.82) is 0 Å². The van der Waals surface area contributed by atoms with Crippen LogP contribution in [0.1, 0.15) is 32.8 Å². The maximum Gasteiger partial charge on any atom is 0.324 e. The van der Waals surface area contributed by atoms with Crippen LogP contribution >= 0.6 is 0 Å². The summed E-state index contributed by atoms with van der Waals surface area (Å²) < 4.78 is 5.17. The number of ether oxygens (including phenoxy) is 1. The minimum atomic E-state index is -0.694. The Bertz CT molecular complexity index is 449. The second-order valence-corrected chi connectivity index (χ2v) is 5.01. The molecule has 1 atom stereocenters. The first kappa shape index (κ1) is 14.3. The summed E-state index contributed by atoms with van der Waals surface area (Å²) in [5.74, 6) is 5.44. The molecule has 0 saturated heterocycles. The van der Waals surface area contributed by atoms with Crippen LogP contribution in [0.2, 0.25) is 0 Å². The summed E-state index contributed by atoms with van der Waals surface area (Å²) in [5, 5.41) is 0. The van der Waals surface area contributed by atoms with E-state index in [4.69, 9.17) is 10.5 Å². The van der Waals surface area contributed by atoms with Crippen LogP contribution < -0.4 is 5.73 Å². The van der Waals surface area contributed by atoms with E-state index in [1.54, 1.807) is 0 Å². The van der Waals surface area contributed by atoms with E-state index in [0.717, 1.165) is 5.56 Å². The highest BCUT2D eigenvalue weighted by Gasteiger charge is 2.21. The molecule has 0 aliphatic heterocycles. The van der Waals surface area contributed by atoms with Gasteiger partial charge in [-0.25, -0.2) is 0 Å². The number of carbonyl (C=O) groups is 1. The average Bonchev–Trinajstić information content (AvgIpc) is 2.28. The van der Waals surface area contributed by atoms with Gasteiger partial charge in [-0.05, 0) is 32.9 Å². The lowest BCUT2D eigenvalue weighted by atomic mass is 10.1. The molecule has 1 aromatic rings. The van der Waals surface area contributed by atoms with Crippen molar-refractivity contribution in [2.75, 3.05) is 0 Å². The van der Waals surface area contributed by atoms with E-state index in [9.17, 15) is 4.79 Å². The summed E-state index contributed by atoms with van der Waals surface area (Å²) >= 11 is 0. The predicted molar refractivity (Wildman–Crippen MR) is 71.8 cm³/mol. The second kappa shape index (κ2) is 6.23. The summed E-state index contributed by atoms with van der Waals surface area (Å²) in [4.78, 5) is 11.6. The Morgan fingerprint density at radius 1 is 1.33 bits per heavy atom. The SMILES string of the molecule is CC(C)(C)OC(=O)C(N)CC#Cc1ccccc1. The molecule has 1 aromatic carbocycles. The molecule has 1 unspecified atom stereocenters. The monoisotopic (exact) mass is 245 g/mol. The highest BCUT2D eigenvalue weighted by Crippen LogP contribution is 2.08. The fourth-order valence-electron chi connectivity index (χ4n) is 1.25. The zero-order valence-corrected chi connectivity index (χ0v) is 11.1. The van der Waals surface area contributed by atoms with Gasteiger partial charge >= 0.3 is 5.97 Å². The van der Waals surface area contributed by atoms with Gasteiger partial charge in [-0.2, -0.15) is 0 Å². The Morgan fingerprint density at radius 2 is 1.94 bits per heavy atom. The molecule has 3 heteroatoms. The van der Waals surface area contributed by atoms with Gasteiger partial charge in [0, 0.05) is 12.0 Å². The zero-order valence-electron chi connectivity index (χ0n) is 11.1. The van der Waals surface area contributed by atoms with Crippen molar-refractivity contribution in [1.82, 2.24) is 0 Å². The van der Waals surface area contributed by atoms with Crippen molar-refractivity contribution in [3.05, 3.63) is 35.9 Å². The number of esters is 1. The standard InChI is InChI=1S/C15H19NO2/c1-15(2,3)18-14(17)13(16)11-7-10-12-8-5-4-6-9-12/h4-6,8-9,13H,11,16H2,1-3H3. The summed E-state index contributed by atoms with van der Waals surface area (Å²) in [7, 11) is 0. The Hall–Kier alpha value is -1.79. The lowest BCUT2D eigenvalue weighted by Crippen LogP contribution is -2.37. The molecular formula is C15H19NO2. The molecular weight excluding hydrogens is 226 g/mol. The normalized spacial score (nSPS) is 12.2. The van der Waals surface area contributed by atoms with Crippen LogP contribution in [0.3, 0.4) is 0 Å². The molecule has 0 aliphatic rings. The average molecular weight is 245 g/mol. The van der Waals surface area contributed by atoms with Gasteiger partial charge in [0.15, 0.2) is 0 Å². The fraction of sp³-hybridized carbons (Fsp3) is 0.400. The van der Waals surface area contributed by atoms with Crippen molar-refractivity contribution >= 4 is 5.97 Å². The van der Waals surface area contributed by atoms with E-state index in [1.807, 2.05) is 51.1 Å². The first-order valence-electron chi connectivity index (χ1n) is 5.91. The number of carbonyl (C=O) groups excluding carboxylic acids is 1. The topological polar surface area (TPSA) is 52.3 Å². The maximum absolute atomic E-state index is 11.6. The van der Waals surface area contributed by atoms with Crippen molar-refractivity contribution < 1.29 is 9.53 Å². The van der Waals surface area contributed by atoms with Crippen LogP contribution in [0, 0.1) is 11.8 Å². The lowest BCUT2D eigenvalue weighted by molar-refractivity contribution is -0.156. The summed E-state index contributed by atoms with van der Waals surface area (Å²) in [6.07, 6.45) is 0.295. The Labute approximate surface area is 108 Å². The minimum Gasteiger partial charge on any atom is -0.459 e. The number of hydrogen-bond acceptors (Lipinski definition) is 3. The maximum atomic E-state index is 11.6. The van der Waals surface area contributed by atoms with E-state index >= 15 is 0 Å². The molecule has 2 N–H and O–H groups in total. The molecule has 3 nitrogen and oxygen atoms in total. The predicted octanol–water partition coefficient (Wildman–Crippen LogP) is 2.10. The Kier molecular flexibility index (Phi) is 4.94. The van der Waals surface area contributed by atoms with Crippen LogP contribution in [0.15, 0.2) is 30.3 Å². The van der Waals surface area contributed by atoms with E-state index in [2.05, 4.69) is 11.8 Å². The molecule has 96 valence electrons. The van der Waals surface area contributed by atoms with Gasteiger partial charge in [0.25, 0.3) is 0 Å². The van der Waals surface area contributed by atoms with Gasteiger partial charge in [0.2, 0.25) is 0 Å². The van der Waals surface area contributed by atoms with Gasteiger partial charge in [-0.3, -0.25) is 4.79 Å². The zero-order chi connectivity index (χ0) is 13.6. The summed E-state index contributed by atoms with van der Waals surface area (Å²) in [6, 6.07) is 8.88. The quantitative estimate of drug-likeness (QED) is 0.641.